The number of fused-ring (bicyclic) bond motifs is 1. The van der Waals surface area contributed by atoms with Crippen LogP contribution in [-0.2, 0) is 0 Å². The van der Waals surface area contributed by atoms with Crippen LogP contribution in [0, 0.1) is 0 Å². The van der Waals surface area contributed by atoms with Crippen LogP contribution in [0.2, 0.25) is 0 Å². The van der Waals surface area contributed by atoms with Gasteiger partial charge in [0.05, 0.1) is 6.04 Å². The van der Waals surface area contributed by atoms with Gasteiger partial charge in [-0.3, -0.25) is 4.79 Å². The summed E-state index contributed by atoms with van der Waals surface area (Å²) in [6, 6.07) is 16.7. The quantitative estimate of drug-likeness (QED) is 0.848. The maximum Gasteiger partial charge on any atom is 0.195 e. The van der Waals surface area contributed by atoms with Crippen LogP contribution in [0.1, 0.15) is 22.0 Å². The monoisotopic (exact) mass is 253 g/mol. The summed E-state index contributed by atoms with van der Waals surface area (Å²) in [6.45, 7) is 0. The number of Topliss-reactive ketones (excluding diaryl/α,β-unsaturated/α-hetero) is 1. The molecule has 2 atom stereocenters. The molecule has 3 rings (SSSR count). The molecule has 0 spiro atoms. The lowest BCUT2D eigenvalue weighted by molar-refractivity contribution is 0.0670. The van der Waals surface area contributed by atoms with Crippen molar-refractivity contribution in [3.05, 3.63) is 65.7 Å². The molecular formula is C16H15NO2. The number of aliphatic hydroxyl groups is 1. The molecular weight excluding hydrogens is 238 g/mol. The number of nitrogens with zero attached hydrogens (tertiary/aromatic N) is 1. The van der Waals surface area contributed by atoms with E-state index in [0.29, 0.717) is 5.56 Å². The zero-order chi connectivity index (χ0) is 13.4. The zero-order valence-corrected chi connectivity index (χ0v) is 10.7. The normalized spacial score (nSPS) is 22.2. The first-order chi connectivity index (χ1) is 9.20. The Bertz CT molecular complexity index is 609. The summed E-state index contributed by atoms with van der Waals surface area (Å²) in [6.07, 6.45) is -1.03. The fraction of sp³-hybridized carbons (Fsp3) is 0.188. The molecule has 1 aliphatic heterocycles. The lowest BCUT2D eigenvalue weighted by Crippen LogP contribution is -2.43. The Labute approximate surface area is 112 Å². The molecule has 3 heteroatoms. The van der Waals surface area contributed by atoms with Gasteiger partial charge in [0.1, 0.15) is 6.10 Å². The van der Waals surface area contributed by atoms with Crippen molar-refractivity contribution in [2.24, 2.45) is 0 Å². The minimum atomic E-state index is -1.03. The maximum atomic E-state index is 12.3. The standard InChI is InChI=1S/C16H15NO2/c1-17-13-10-6-5-9-12(13)15(18)16(19)14(17)11-7-3-2-4-8-11/h2-10,14,16,19H,1H3. The van der Waals surface area contributed by atoms with E-state index in [1.807, 2.05) is 60.5 Å². The molecule has 3 nitrogen and oxygen atoms in total. The van der Waals surface area contributed by atoms with Crippen molar-refractivity contribution in [1.29, 1.82) is 0 Å². The molecule has 0 bridgehead atoms. The Balaban J connectivity index is 2.12. The Hall–Kier alpha value is -2.13. The van der Waals surface area contributed by atoms with Gasteiger partial charge in [-0.1, -0.05) is 42.5 Å². The van der Waals surface area contributed by atoms with Crippen LogP contribution in [0.15, 0.2) is 54.6 Å². The third-order valence-corrected chi connectivity index (χ3v) is 3.68. The average Bonchev–Trinajstić information content (AvgIpc) is 2.46. The topological polar surface area (TPSA) is 40.5 Å². The van der Waals surface area contributed by atoms with Gasteiger partial charge in [0, 0.05) is 18.3 Å². The molecule has 0 fully saturated rings. The summed E-state index contributed by atoms with van der Waals surface area (Å²) in [7, 11) is 1.91. The molecule has 2 aromatic rings. The van der Waals surface area contributed by atoms with Crippen LogP contribution in [0.25, 0.3) is 0 Å². The maximum absolute atomic E-state index is 12.3. The molecule has 2 unspecified atom stereocenters. The number of rotatable bonds is 1. The minimum absolute atomic E-state index is 0.206. The lowest BCUT2D eigenvalue weighted by atomic mass is 9.88. The fourth-order valence-electron chi connectivity index (χ4n) is 2.71. The van der Waals surface area contributed by atoms with Crippen LogP contribution < -0.4 is 4.90 Å². The Morgan fingerprint density at radius 3 is 2.37 bits per heavy atom. The van der Waals surface area contributed by atoms with Crippen molar-refractivity contribution in [1.82, 2.24) is 0 Å². The van der Waals surface area contributed by atoms with Crippen molar-refractivity contribution >= 4 is 11.5 Å². The highest BCUT2D eigenvalue weighted by Gasteiger charge is 2.38. The Morgan fingerprint density at radius 1 is 1.00 bits per heavy atom. The molecule has 0 radical (unpaired) electrons. The molecule has 19 heavy (non-hydrogen) atoms. The zero-order valence-electron chi connectivity index (χ0n) is 10.7. The largest absolute Gasteiger partial charge is 0.382 e. The van der Waals surface area contributed by atoms with Crippen LogP contribution in [-0.4, -0.2) is 24.0 Å². The van der Waals surface area contributed by atoms with Crippen molar-refractivity contribution in [3.8, 4) is 0 Å². The van der Waals surface area contributed by atoms with Crippen LogP contribution in [0.5, 0.6) is 0 Å². The molecule has 96 valence electrons. The van der Waals surface area contributed by atoms with E-state index in [1.54, 1.807) is 6.07 Å². The van der Waals surface area contributed by atoms with Gasteiger partial charge in [0.25, 0.3) is 0 Å². The van der Waals surface area contributed by atoms with Gasteiger partial charge in [-0.25, -0.2) is 0 Å². The molecule has 0 saturated heterocycles. The van der Waals surface area contributed by atoms with Crippen LogP contribution >= 0.6 is 0 Å². The van der Waals surface area contributed by atoms with E-state index in [2.05, 4.69) is 0 Å². The summed E-state index contributed by atoms with van der Waals surface area (Å²) in [5.41, 5.74) is 2.40. The van der Waals surface area contributed by atoms with E-state index in [-0.39, 0.29) is 11.8 Å². The molecule has 2 aromatic carbocycles. The highest BCUT2D eigenvalue weighted by molar-refractivity contribution is 6.06. The second-order valence-corrected chi connectivity index (χ2v) is 4.79. The minimum Gasteiger partial charge on any atom is -0.382 e. The predicted molar refractivity (Wildman–Crippen MR) is 74.4 cm³/mol. The van der Waals surface area contributed by atoms with Gasteiger partial charge >= 0.3 is 0 Å². The van der Waals surface area contributed by atoms with Gasteiger partial charge in [-0.05, 0) is 17.7 Å². The SMILES string of the molecule is CN1c2ccccc2C(=O)C(O)C1c1ccccc1. The number of carbonyl (C=O) groups is 1. The van der Waals surface area contributed by atoms with Crippen molar-refractivity contribution in [2.75, 3.05) is 11.9 Å². The molecule has 0 saturated carbocycles. The Kier molecular flexibility index (Phi) is 2.84. The van der Waals surface area contributed by atoms with Crippen LogP contribution in [0.3, 0.4) is 0 Å². The van der Waals surface area contributed by atoms with E-state index in [1.165, 1.54) is 0 Å². The van der Waals surface area contributed by atoms with E-state index < -0.39 is 6.10 Å². The summed E-state index contributed by atoms with van der Waals surface area (Å²) in [5, 5.41) is 10.3. The second kappa shape index (κ2) is 4.52. The van der Waals surface area contributed by atoms with Crippen LogP contribution in [0.4, 0.5) is 5.69 Å². The first kappa shape index (κ1) is 11.9. The number of anilines is 1. The van der Waals surface area contributed by atoms with Gasteiger partial charge in [-0.2, -0.15) is 0 Å². The second-order valence-electron chi connectivity index (χ2n) is 4.79. The number of ketones is 1. The average molecular weight is 253 g/mol. The summed E-state index contributed by atoms with van der Waals surface area (Å²) < 4.78 is 0. The van der Waals surface area contributed by atoms with E-state index in [0.717, 1.165) is 11.3 Å². The number of hydrogen-bond acceptors (Lipinski definition) is 3. The number of hydrogen-bond donors (Lipinski definition) is 1. The first-order valence-electron chi connectivity index (χ1n) is 6.29. The van der Waals surface area contributed by atoms with E-state index >= 15 is 0 Å². The molecule has 0 amide bonds. The molecule has 0 aromatic heterocycles. The van der Waals surface area contributed by atoms with Gasteiger partial charge in [0.2, 0.25) is 0 Å². The summed E-state index contributed by atoms with van der Waals surface area (Å²) >= 11 is 0. The number of aliphatic hydroxyl groups excluding tert-OH is 1. The number of carbonyl (C=O) groups excluding carboxylic acids is 1. The Morgan fingerprint density at radius 2 is 1.63 bits per heavy atom. The van der Waals surface area contributed by atoms with Gasteiger partial charge in [0.15, 0.2) is 5.78 Å². The first-order valence-corrected chi connectivity index (χ1v) is 6.29. The smallest absolute Gasteiger partial charge is 0.195 e. The molecule has 1 heterocycles. The highest BCUT2D eigenvalue weighted by Crippen LogP contribution is 2.37. The molecule has 1 aliphatic rings. The van der Waals surface area contributed by atoms with Crippen molar-refractivity contribution in [3.63, 3.8) is 0 Å². The number of para-hydroxylation sites is 1. The fourth-order valence-corrected chi connectivity index (χ4v) is 2.71. The molecule has 0 aliphatic carbocycles. The number of benzene rings is 2. The van der Waals surface area contributed by atoms with Gasteiger partial charge < -0.3 is 10.0 Å². The number of likely N-dealkylation sites (N-methyl/N-ethyl adjacent to an activating group) is 1. The van der Waals surface area contributed by atoms with E-state index in [4.69, 9.17) is 0 Å². The van der Waals surface area contributed by atoms with E-state index in [9.17, 15) is 9.90 Å². The summed E-state index contributed by atoms with van der Waals surface area (Å²) in [4.78, 5) is 14.2. The van der Waals surface area contributed by atoms with Gasteiger partial charge in [-0.15, -0.1) is 0 Å². The molecule has 1 N–H and O–H groups in total. The summed E-state index contributed by atoms with van der Waals surface area (Å²) in [5.74, 6) is -0.206. The predicted octanol–water partition coefficient (Wildman–Crippen LogP) is 2.42. The lowest BCUT2D eigenvalue weighted by Gasteiger charge is -2.38. The van der Waals surface area contributed by atoms with Crippen molar-refractivity contribution < 1.29 is 9.90 Å². The third kappa shape index (κ3) is 1.83. The third-order valence-electron chi connectivity index (χ3n) is 3.68. The van der Waals surface area contributed by atoms with Crippen molar-refractivity contribution in [2.45, 2.75) is 12.1 Å². The highest BCUT2D eigenvalue weighted by atomic mass is 16.3.